The third kappa shape index (κ3) is 3.82. The fourth-order valence-electron chi connectivity index (χ4n) is 1.87. The Bertz CT molecular complexity index is 341. The van der Waals surface area contributed by atoms with Crippen LogP contribution in [-0.4, -0.2) is 13.1 Å². The van der Waals surface area contributed by atoms with Crippen molar-refractivity contribution in [2.75, 3.05) is 7.05 Å². The van der Waals surface area contributed by atoms with Crippen LogP contribution in [0.5, 0.6) is 0 Å². The summed E-state index contributed by atoms with van der Waals surface area (Å²) in [5.74, 6) is 0. The standard InChI is InChI=1S/C15H23N/c1-5-12(2)10-15(16-4)11-14-9-7-6-8-13(14)3/h6-9,15-16H,2,5,10-11H2,1,3-4H3. The highest BCUT2D eigenvalue weighted by atomic mass is 14.9. The molecule has 16 heavy (non-hydrogen) atoms. The molecule has 0 aliphatic rings. The van der Waals surface area contributed by atoms with Gasteiger partial charge >= 0.3 is 0 Å². The molecule has 1 unspecified atom stereocenters. The number of nitrogens with one attached hydrogen (secondary N) is 1. The normalized spacial score (nSPS) is 12.4. The predicted molar refractivity (Wildman–Crippen MR) is 71.8 cm³/mol. The van der Waals surface area contributed by atoms with Gasteiger partial charge in [-0.1, -0.05) is 43.3 Å². The lowest BCUT2D eigenvalue weighted by atomic mass is 9.96. The molecular formula is C15H23N. The molecule has 0 amide bonds. The first-order valence-corrected chi connectivity index (χ1v) is 6.05. The molecular weight excluding hydrogens is 194 g/mol. The van der Waals surface area contributed by atoms with E-state index in [2.05, 4.69) is 50.0 Å². The molecule has 1 N–H and O–H groups in total. The quantitative estimate of drug-likeness (QED) is 0.719. The summed E-state index contributed by atoms with van der Waals surface area (Å²) in [5.41, 5.74) is 4.14. The molecule has 1 rings (SSSR count). The number of benzene rings is 1. The van der Waals surface area contributed by atoms with Gasteiger partial charge in [0.15, 0.2) is 0 Å². The Balaban J connectivity index is 2.63. The van der Waals surface area contributed by atoms with E-state index in [0.717, 1.165) is 19.3 Å². The number of hydrogen-bond acceptors (Lipinski definition) is 1. The zero-order chi connectivity index (χ0) is 12.0. The zero-order valence-electron chi connectivity index (χ0n) is 10.7. The fraction of sp³-hybridized carbons (Fsp3) is 0.467. The Morgan fingerprint density at radius 3 is 2.62 bits per heavy atom. The van der Waals surface area contributed by atoms with Gasteiger partial charge in [-0.3, -0.25) is 0 Å². The molecule has 88 valence electrons. The monoisotopic (exact) mass is 217 g/mol. The molecule has 0 spiro atoms. The van der Waals surface area contributed by atoms with Gasteiger partial charge in [-0.2, -0.15) is 0 Å². The SMILES string of the molecule is C=C(CC)CC(Cc1ccccc1C)NC. The van der Waals surface area contributed by atoms with Crippen molar-refractivity contribution in [3.8, 4) is 0 Å². The maximum atomic E-state index is 4.08. The highest BCUT2D eigenvalue weighted by molar-refractivity contribution is 5.26. The smallest absolute Gasteiger partial charge is 0.0142 e. The summed E-state index contributed by atoms with van der Waals surface area (Å²) in [4.78, 5) is 0. The third-order valence-electron chi connectivity index (χ3n) is 3.17. The highest BCUT2D eigenvalue weighted by Gasteiger charge is 2.09. The van der Waals surface area contributed by atoms with Crippen LogP contribution in [0.25, 0.3) is 0 Å². The van der Waals surface area contributed by atoms with Gasteiger partial charge in [0.05, 0.1) is 0 Å². The molecule has 1 aromatic rings. The van der Waals surface area contributed by atoms with Gasteiger partial charge in [0.1, 0.15) is 0 Å². The molecule has 1 aromatic carbocycles. The van der Waals surface area contributed by atoms with Crippen molar-refractivity contribution in [3.05, 3.63) is 47.5 Å². The van der Waals surface area contributed by atoms with Crippen molar-refractivity contribution in [3.63, 3.8) is 0 Å². The second-order valence-electron chi connectivity index (χ2n) is 4.42. The van der Waals surface area contributed by atoms with Crippen LogP contribution in [0.2, 0.25) is 0 Å². The van der Waals surface area contributed by atoms with E-state index in [9.17, 15) is 0 Å². The summed E-state index contributed by atoms with van der Waals surface area (Å²) in [5, 5.41) is 3.38. The van der Waals surface area contributed by atoms with E-state index in [0.29, 0.717) is 6.04 Å². The van der Waals surface area contributed by atoms with Gasteiger partial charge in [-0.05, 0) is 44.4 Å². The maximum Gasteiger partial charge on any atom is 0.0142 e. The van der Waals surface area contributed by atoms with E-state index in [1.807, 2.05) is 7.05 Å². The molecule has 0 bridgehead atoms. The molecule has 1 heteroatoms. The fourth-order valence-corrected chi connectivity index (χ4v) is 1.87. The number of hydrogen-bond donors (Lipinski definition) is 1. The van der Waals surface area contributed by atoms with E-state index in [-0.39, 0.29) is 0 Å². The van der Waals surface area contributed by atoms with Crippen molar-refractivity contribution in [1.82, 2.24) is 5.32 Å². The Kier molecular flexibility index (Phi) is 5.27. The highest BCUT2D eigenvalue weighted by Crippen LogP contribution is 2.14. The van der Waals surface area contributed by atoms with Crippen molar-refractivity contribution in [2.24, 2.45) is 0 Å². The first-order valence-electron chi connectivity index (χ1n) is 6.05. The predicted octanol–water partition coefficient (Wildman–Crippen LogP) is 3.48. The molecule has 1 atom stereocenters. The van der Waals surface area contributed by atoms with E-state index in [4.69, 9.17) is 0 Å². The summed E-state index contributed by atoms with van der Waals surface area (Å²) in [7, 11) is 2.03. The van der Waals surface area contributed by atoms with Crippen molar-refractivity contribution < 1.29 is 0 Å². The van der Waals surface area contributed by atoms with Crippen molar-refractivity contribution >= 4 is 0 Å². The summed E-state index contributed by atoms with van der Waals surface area (Å²) in [6.07, 6.45) is 3.23. The Morgan fingerprint density at radius 1 is 1.38 bits per heavy atom. The summed E-state index contributed by atoms with van der Waals surface area (Å²) >= 11 is 0. The maximum absolute atomic E-state index is 4.08. The van der Waals surface area contributed by atoms with Gasteiger partial charge in [-0.25, -0.2) is 0 Å². The van der Waals surface area contributed by atoms with Crippen LogP contribution in [0.4, 0.5) is 0 Å². The second kappa shape index (κ2) is 6.49. The minimum atomic E-state index is 0.508. The second-order valence-corrected chi connectivity index (χ2v) is 4.42. The largest absolute Gasteiger partial charge is 0.316 e. The average Bonchev–Trinajstić information content (AvgIpc) is 2.30. The average molecular weight is 217 g/mol. The molecule has 0 saturated heterocycles. The van der Waals surface area contributed by atoms with Crippen LogP contribution in [-0.2, 0) is 6.42 Å². The molecule has 0 aliphatic heterocycles. The van der Waals surface area contributed by atoms with Crippen LogP contribution < -0.4 is 5.32 Å². The zero-order valence-corrected chi connectivity index (χ0v) is 10.7. The Hall–Kier alpha value is -1.08. The number of likely N-dealkylation sites (N-methyl/N-ethyl adjacent to an activating group) is 1. The molecule has 1 nitrogen and oxygen atoms in total. The van der Waals surface area contributed by atoms with Crippen LogP contribution in [0.1, 0.15) is 30.9 Å². The minimum Gasteiger partial charge on any atom is -0.316 e. The molecule has 0 radical (unpaired) electrons. The van der Waals surface area contributed by atoms with E-state index < -0.39 is 0 Å². The summed E-state index contributed by atoms with van der Waals surface area (Å²) in [6, 6.07) is 9.11. The lowest BCUT2D eigenvalue weighted by Crippen LogP contribution is -2.28. The van der Waals surface area contributed by atoms with Gasteiger partial charge in [0.2, 0.25) is 0 Å². The van der Waals surface area contributed by atoms with E-state index >= 15 is 0 Å². The van der Waals surface area contributed by atoms with E-state index in [1.165, 1.54) is 16.7 Å². The number of rotatable bonds is 6. The number of aryl methyl sites for hydroxylation is 1. The first-order chi connectivity index (χ1) is 7.67. The topological polar surface area (TPSA) is 12.0 Å². The van der Waals surface area contributed by atoms with Crippen molar-refractivity contribution in [1.29, 1.82) is 0 Å². The lowest BCUT2D eigenvalue weighted by Gasteiger charge is -2.18. The molecule has 0 aromatic heterocycles. The Morgan fingerprint density at radius 2 is 2.06 bits per heavy atom. The van der Waals surface area contributed by atoms with Gasteiger partial charge in [0, 0.05) is 6.04 Å². The molecule has 0 heterocycles. The van der Waals surface area contributed by atoms with Crippen LogP contribution in [0.15, 0.2) is 36.4 Å². The van der Waals surface area contributed by atoms with Gasteiger partial charge < -0.3 is 5.32 Å². The Labute approximate surface area is 99.6 Å². The molecule has 0 saturated carbocycles. The van der Waals surface area contributed by atoms with Crippen LogP contribution >= 0.6 is 0 Å². The molecule has 0 aliphatic carbocycles. The van der Waals surface area contributed by atoms with E-state index in [1.54, 1.807) is 0 Å². The van der Waals surface area contributed by atoms with Gasteiger partial charge in [0.25, 0.3) is 0 Å². The van der Waals surface area contributed by atoms with Crippen molar-refractivity contribution in [2.45, 2.75) is 39.2 Å². The van der Waals surface area contributed by atoms with Gasteiger partial charge in [-0.15, -0.1) is 0 Å². The molecule has 0 fully saturated rings. The minimum absolute atomic E-state index is 0.508. The van der Waals surface area contributed by atoms with Crippen LogP contribution in [0.3, 0.4) is 0 Å². The summed E-state index contributed by atoms with van der Waals surface area (Å²) < 4.78 is 0. The first kappa shape index (κ1) is 13.0. The lowest BCUT2D eigenvalue weighted by molar-refractivity contribution is 0.548. The third-order valence-corrected chi connectivity index (χ3v) is 3.17. The van der Waals surface area contributed by atoms with Crippen LogP contribution in [0, 0.1) is 6.92 Å². The summed E-state index contributed by atoms with van der Waals surface area (Å²) in [6.45, 7) is 8.43.